The third kappa shape index (κ3) is 7.44. The van der Waals surface area contributed by atoms with Gasteiger partial charge in [-0.25, -0.2) is 0 Å². The van der Waals surface area contributed by atoms with Crippen LogP contribution in [0.4, 0.5) is 0 Å². The lowest BCUT2D eigenvalue weighted by Gasteiger charge is -2.64. The summed E-state index contributed by atoms with van der Waals surface area (Å²) in [5.41, 5.74) is 22.1. The van der Waals surface area contributed by atoms with Crippen molar-refractivity contribution in [2.75, 3.05) is 39.3 Å². The fraction of sp³-hybridized carbons (Fsp3) is 0.585. The zero-order valence-electron chi connectivity index (χ0n) is 46.9. The second kappa shape index (κ2) is 18.4. The summed E-state index contributed by atoms with van der Waals surface area (Å²) in [7, 11) is 0. The van der Waals surface area contributed by atoms with Gasteiger partial charge in [0, 0.05) is 79.3 Å². The number of allylic oxidation sites excluding steroid dienone is 2. The van der Waals surface area contributed by atoms with Gasteiger partial charge in [0.05, 0.1) is 38.8 Å². The summed E-state index contributed by atoms with van der Waals surface area (Å²) in [6.45, 7) is 14.0. The minimum absolute atomic E-state index is 0.00364. The monoisotopic (exact) mass is 1100 g/mol. The normalized spacial score (nSPS) is 36.9. The number of carbonyl (C=O) groups excluding carboxylic acids is 5. The number of likely N-dealkylation sites (tertiary alicyclic amines) is 3. The molecule has 3 unspecified atom stereocenters. The fourth-order valence-corrected chi connectivity index (χ4v) is 18.6. The Hall–Kier alpha value is -5.75. The molecule has 16 heteroatoms. The molecule has 13 aliphatic rings. The number of primary amides is 3. The number of hydrogen-bond donors (Lipinski definition) is 6. The first kappa shape index (κ1) is 53.3. The summed E-state index contributed by atoms with van der Waals surface area (Å²) in [4.78, 5) is 68.8. The molecule has 9 N–H and O–H groups in total. The maximum atomic E-state index is 12.9. The lowest BCUT2D eigenvalue weighted by molar-refractivity contribution is -0.188. The lowest BCUT2D eigenvalue weighted by atomic mass is 9.49. The Morgan fingerprint density at radius 1 is 0.617 bits per heavy atom. The third-order valence-electron chi connectivity index (χ3n) is 22.8. The number of nitrogens with two attached hydrogens (primary N) is 3. The van der Waals surface area contributed by atoms with E-state index in [1.165, 1.54) is 42.4 Å². The molecule has 6 bridgehead atoms. The zero-order chi connectivity index (χ0) is 56.5. The highest BCUT2D eigenvalue weighted by atomic mass is 16.5. The van der Waals surface area contributed by atoms with E-state index in [-0.39, 0.29) is 35.1 Å². The average molecular weight is 1100 g/mol. The molecule has 11 atom stereocenters. The van der Waals surface area contributed by atoms with Gasteiger partial charge in [-0.2, -0.15) is 0 Å². The van der Waals surface area contributed by atoms with E-state index >= 15 is 0 Å². The minimum atomic E-state index is -1.05. The molecule has 8 aliphatic carbocycles. The smallest absolute Gasteiger partial charge is 0.252 e. The van der Waals surface area contributed by atoms with E-state index < -0.39 is 57.6 Å². The number of nitrogens with zero attached hydrogens (tertiary/aromatic N) is 3. The first-order chi connectivity index (χ1) is 38.7. The molecule has 5 heterocycles. The number of Topliss-reactive ketones (excluding diaryl/α,β-unsaturated/α-hetero) is 2. The van der Waals surface area contributed by atoms with Gasteiger partial charge in [-0.1, -0.05) is 42.0 Å². The summed E-state index contributed by atoms with van der Waals surface area (Å²) < 4.78 is 12.3. The first-order valence-electron chi connectivity index (χ1n) is 30.1. The summed E-state index contributed by atoms with van der Waals surface area (Å²) in [5.74, 6) is 0.998. The van der Waals surface area contributed by atoms with Crippen LogP contribution in [0.25, 0.3) is 0 Å². The molecule has 5 saturated carbocycles. The van der Waals surface area contributed by atoms with Crippen LogP contribution >= 0.6 is 0 Å². The number of ether oxygens (including phenoxy) is 2. The largest absolute Gasteiger partial charge is 0.480 e. The van der Waals surface area contributed by atoms with Crippen LogP contribution in [0.3, 0.4) is 0 Å². The number of benzene rings is 3. The van der Waals surface area contributed by atoms with Gasteiger partial charge in [-0.3, -0.25) is 38.7 Å². The van der Waals surface area contributed by atoms with Crippen LogP contribution in [-0.2, 0) is 45.1 Å². The number of rotatable bonds is 9. The van der Waals surface area contributed by atoms with Crippen LogP contribution < -0.4 is 26.7 Å². The molecule has 0 radical (unpaired) electrons. The van der Waals surface area contributed by atoms with Crippen molar-refractivity contribution in [3.63, 3.8) is 0 Å². The van der Waals surface area contributed by atoms with Crippen molar-refractivity contribution in [2.24, 2.45) is 29.0 Å². The SMILES string of the molecule is C=C1CC[C@@]2(O)C3Cc4ccc(C(N)=O)cc4[C@@]2(CCN3CC2CC2)C1.CC(C)=CCN1CC[C@]23c4c5ccc(C(N)=O)c4O[C@H]2C(=O)CC[C@@]3(O)C1C5.NC(=O)c1ccc2c3c1O[C@H]1C(=O)CC[C@@]4(O)C(C2)N(CC2CC2)CC[C@]314. The Balaban J connectivity index is 0.000000109. The van der Waals surface area contributed by atoms with Gasteiger partial charge in [0.15, 0.2) is 23.8 Å². The van der Waals surface area contributed by atoms with E-state index in [2.05, 4.69) is 47.3 Å². The van der Waals surface area contributed by atoms with Crippen molar-refractivity contribution in [3.05, 3.63) is 116 Å². The van der Waals surface area contributed by atoms with Crippen molar-refractivity contribution in [3.8, 4) is 11.5 Å². The van der Waals surface area contributed by atoms with Gasteiger partial charge >= 0.3 is 0 Å². The zero-order valence-corrected chi connectivity index (χ0v) is 46.9. The van der Waals surface area contributed by atoms with Gasteiger partial charge in [-0.05, 0) is 182 Å². The Bertz CT molecular complexity index is 3310. The van der Waals surface area contributed by atoms with E-state index in [9.17, 15) is 39.3 Å². The van der Waals surface area contributed by atoms with Crippen molar-refractivity contribution >= 4 is 29.3 Å². The number of hydrogen-bond acceptors (Lipinski definition) is 13. The second-order valence-corrected chi connectivity index (χ2v) is 27.1. The maximum Gasteiger partial charge on any atom is 0.252 e. The lowest BCUT2D eigenvalue weighted by Crippen LogP contribution is -2.76. The van der Waals surface area contributed by atoms with E-state index in [4.69, 9.17) is 26.7 Å². The Labute approximate surface area is 473 Å². The molecule has 3 amide bonds. The van der Waals surface area contributed by atoms with Crippen molar-refractivity contribution in [1.82, 2.24) is 14.7 Å². The number of fused-ring (bicyclic) bond motifs is 1. The molecule has 81 heavy (non-hydrogen) atoms. The fourth-order valence-electron chi connectivity index (χ4n) is 18.6. The number of aliphatic hydroxyl groups is 3. The van der Waals surface area contributed by atoms with Crippen molar-refractivity contribution in [2.45, 2.75) is 186 Å². The molecular formula is C65H78N6O10. The van der Waals surface area contributed by atoms with E-state index in [1.54, 1.807) is 12.1 Å². The summed E-state index contributed by atoms with van der Waals surface area (Å²) >= 11 is 0. The van der Waals surface area contributed by atoms with Crippen LogP contribution in [0, 0.1) is 11.8 Å². The van der Waals surface area contributed by atoms with E-state index in [1.807, 2.05) is 24.3 Å². The average Bonchev–Trinajstić information content (AvgIpc) is 2.29. The van der Waals surface area contributed by atoms with E-state index in [0.717, 1.165) is 117 Å². The Kier molecular flexibility index (Phi) is 12.1. The summed E-state index contributed by atoms with van der Waals surface area (Å²) in [6, 6.07) is 13.3. The summed E-state index contributed by atoms with van der Waals surface area (Å²) in [5, 5.41) is 36.2. The molecule has 16 nitrogen and oxygen atoms in total. The molecule has 3 aromatic rings. The highest BCUT2D eigenvalue weighted by Gasteiger charge is 2.75. The molecule has 8 fully saturated rings. The highest BCUT2D eigenvalue weighted by molar-refractivity contribution is 6.00. The van der Waals surface area contributed by atoms with Crippen molar-refractivity contribution in [1.29, 1.82) is 0 Å². The van der Waals surface area contributed by atoms with Gasteiger partial charge in [0.1, 0.15) is 11.5 Å². The van der Waals surface area contributed by atoms with Gasteiger partial charge in [0.25, 0.3) is 11.8 Å². The van der Waals surface area contributed by atoms with Gasteiger partial charge in [-0.15, -0.1) is 0 Å². The molecule has 0 aromatic heterocycles. The number of carbonyl (C=O) groups is 5. The summed E-state index contributed by atoms with van der Waals surface area (Å²) in [6.07, 6.45) is 14.5. The number of ketones is 2. The van der Waals surface area contributed by atoms with Crippen LogP contribution in [-0.4, -0.2) is 146 Å². The minimum Gasteiger partial charge on any atom is -0.480 e. The Morgan fingerprint density at radius 3 is 1.59 bits per heavy atom. The number of piperidine rings is 3. The molecule has 3 aromatic carbocycles. The van der Waals surface area contributed by atoms with E-state index in [0.29, 0.717) is 73.1 Å². The molecule has 5 aliphatic heterocycles. The predicted octanol–water partition coefficient (Wildman–Crippen LogP) is 4.93. The van der Waals surface area contributed by atoms with Crippen LogP contribution in [0.5, 0.6) is 11.5 Å². The molecule has 3 saturated heterocycles. The number of amides is 3. The highest BCUT2D eigenvalue weighted by Crippen LogP contribution is 2.66. The molecule has 428 valence electrons. The van der Waals surface area contributed by atoms with Crippen LogP contribution in [0.1, 0.15) is 168 Å². The molecule has 16 rings (SSSR count). The van der Waals surface area contributed by atoms with Crippen LogP contribution in [0.15, 0.2) is 66.3 Å². The predicted molar refractivity (Wildman–Crippen MR) is 301 cm³/mol. The maximum absolute atomic E-state index is 12.9. The van der Waals surface area contributed by atoms with Crippen molar-refractivity contribution < 1.29 is 48.8 Å². The molecular weight excluding hydrogens is 1020 g/mol. The van der Waals surface area contributed by atoms with Gasteiger partial charge in [0.2, 0.25) is 5.91 Å². The quantitative estimate of drug-likeness (QED) is 0.156. The standard InChI is InChI=1S/C22H26N2O4.C22H28N2O2.C21H24N2O4/c1-12(2)6-9-24-10-8-21-17-13-3-4-14(20(23)26)18(17)28-19(21)15(25)5-7-22(21,27)16(24)11-13;1-14-6-7-22(26)19-11-16-4-5-17(20(23)25)10-18(16)21(22,12-14)8-9-24(19)13-15-2-3-15;22-19(25)13-4-3-12-9-15-21(26)6-5-14(24)18-20(21,16(12)17(13)27-18)7-8-23(15)10-11-1-2-11/h3-4,6,16,19,27H,5,7-11H2,1-2H3,(H2,23,26);4-5,10,15,19,26H,1-3,6-9,11-13H2,(H2,23,25);3-4,11,15,18,26H,1-2,5-10H2,(H2,22,25)/t16?,19-,21-,22+;19?,21-,22-;15?,18-,20-,21+/m010/s1. The Morgan fingerprint density at radius 2 is 1.09 bits per heavy atom. The van der Waals surface area contributed by atoms with Crippen LogP contribution in [0.2, 0.25) is 0 Å². The molecule has 2 spiro atoms. The third-order valence-corrected chi connectivity index (χ3v) is 22.8. The van der Waals surface area contributed by atoms with Gasteiger partial charge < -0.3 is 42.0 Å². The topological polar surface area (TPSA) is 252 Å². The first-order valence-corrected chi connectivity index (χ1v) is 30.1. The second-order valence-electron chi connectivity index (χ2n) is 27.1.